The van der Waals surface area contributed by atoms with Crippen LogP contribution in [0.1, 0.15) is 36.2 Å². The van der Waals surface area contributed by atoms with Gasteiger partial charge in [0.1, 0.15) is 5.01 Å². The maximum Gasteiger partial charge on any atom is 0.307 e. The minimum absolute atomic E-state index is 0.138. The number of esters is 1. The zero-order valence-electron chi connectivity index (χ0n) is 14.9. The van der Waals surface area contributed by atoms with E-state index in [9.17, 15) is 9.59 Å². The maximum absolute atomic E-state index is 12.4. The summed E-state index contributed by atoms with van der Waals surface area (Å²) < 4.78 is 6.11. The van der Waals surface area contributed by atoms with E-state index in [1.807, 2.05) is 19.2 Å². The third-order valence-electron chi connectivity index (χ3n) is 4.70. The highest BCUT2D eigenvalue weighted by atomic mass is 32.1. The molecule has 1 saturated carbocycles. The van der Waals surface area contributed by atoms with Crippen molar-refractivity contribution in [2.24, 2.45) is 7.05 Å². The lowest BCUT2D eigenvalue weighted by molar-refractivity contribution is -0.141. The Bertz CT molecular complexity index is 867. The van der Waals surface area contributed by atoms with E-state index in [4.69, 9.17) is 4.74 Å². The number of aromatic nitrogens is 3. The van der Waals surface area contributed by atoms with Crippen LogP contribution in [0.5, 0.6) is 0 Å². The molecule has 1 N–H and O–H groups in total. The molecule has 1 fully saturated rings. The largest absolute Gasteiger partial charge is 0.469 e. The Balaban J connectivity index is 1.76. The number of carbonyl (C=O) groups is 1. The molecule has 3 rings (SSSR count). The zero-order chi connectivity index (χ0) is 18.2. The SMILES string of the molecule is COC(=O)CC1(NCc2csc(-c3c(C)c(C)nn(C)c3=O)n2)CC1. The molecule has 25 heavy (non-hydrogen) atoms. The van der Waals surface area contributed by atoms with E-state index >= 15 is 0 Å². The molecule has 0 bridgehead atoms. The number of thiazole rings is 1. The van der Waals surface area contributed by atoms with Crippen molar-refractivity contribution in [1.29, 1.82) is 0 Å². The molecule has 2 aromatic heterocycles. The monoisotopic (exact) mass is 362 g/mol. The Labute approximate surface area is 150 Å². The highest BCUT2D eigenvalue weighted by Crippen LogP contribution is 2.39. The number of aryl methyl sites for hydroxylation is 2. The molecule has 0 radical (unpaired) electrons. The molecule has 0 atom stereocenters. The van der Waals surface area contributed by atoms with Crippen LogP contribution in [0.25, 0.3) is 10.6 Å². The van der Waals surface area contributed by atoms with Gasteiger partial charge in [0.15, 0.2) is 0 Å². The predicted octanol–water partition coefficient (Wildman–Crippen LogP) is 1.71. The van der Waals surface area contributed by atoms with E-state index in [1.54, 1.807) is 7.05 Å². The third kappa shape index (κ3) is 3.64. The quantitative estimate of drug-likeness (QED) is 0.787. The first-order valence-corrected chi connectivity index (χ1v) is 9.04. The van der Waals surface area contributed by atoms with Gasteiger partial charge in [-0.25, -0.2) is 9.67 Å². The van der Waals surface area contributed by atoms with Gasteiger partial charge in [-0.2, -0.15) is 5.10 Å². The summed E-state index contributed by atoms with van der Waals surface area (Å²) in [6.07, 6.45) is 2.30. The van der Waals surface area contributed by atoms with Crippen LogP contribution in [0, 0.1) is 13.8 Å². The molecule has 0 aromatic carbocycles. The number of nitrogens with one attached hydrogen (secondary N) is 1. The van der Waals surface area contributed by atoms with Crippen LogP contribution in [0.2, 0.25) is 0 Å². The van der Waals surface area contributed by atoms with Crippen molar-refractivity contribution in [1.82, 2.24) is 20.1 Å². The highest BCUT2D eigenvalue weighted by molar-refractivity contribution is 7.13. The molecule has 1 aliphatic carbocycles. The molecular weight excluding hydrogens is 340 g/mol. The summed E-state index contributed by atoms with van der Waals surface area (Å²) in [4.78, 5) is 28.5. The van der Waals surface area contributed by atoms with E-state index in [-0.39, 0.29) is 17.1 Å². The minimum Gasteiger partial charge on any atom is -0.469 e. The molecule has 7 nitrogen and oxygen atoms in total. The second kappa shape index (κ2) is 6.68. The van der Waals surface area contributed by atoms with Gasteiger partial charge >= 0.3 is 5.97 Å². The number of ether oxygens (including phenoxy) is 1. The fourth-order valence-corrected chi connectivity index (χ4v) is 3.71. The summed E-state index contributed by atoms with van der Waals surface area (Å²) in [5.74, 6) is -0.199. The van der Waals surface area contributed by atoms with Crippen LogP contribution < -0.4 is 10.9 Å². The topological polar surface area (TPSA) is 86.1 Å². The van der Waals surface area contributed by atoms with Gasteiger partial charge in [0.25, 0.3) is 5.56 Å². The van der Waals surface area contributed by atoms with Gasteiger partial charge in [-0.3, -0.25) is 9.59 Å². The average Bonchev–Trinajstić information content (AvgIpc) is 3.18. The molecule has 1 aliphatic rings. The zero-order valence-corrected chi connectivity index (χ0v) is 15.7. The summed E-state index contributed by atoms with van der Waals surface area (Å²) in [6.45, 7) is 4.35. The number of hydrogen-bond acceptors (Lipinski definition) is 7. The van der Waals surface area contributed by atoms with Crippen molar-refractivity contribution in [3.05, 3.63) is 32.7 Å². The van der Waals surface area contributed by atoms with Gasteiger partial charge < -0.3 is 10.1 Å². The van der Waals surface area contributed by atoms with E-state index in [0.717, 1.165) is 29.8 Å². The average molecular weight is 362 g/mol. The molecule has 0 saturated heterocycles. The number of nitrogens with zero attached hydrogens (tertiary/aromatic N) is 3. The molecule has 0 spiro atoms. The summed E-state index contributed by atoms with van der Waals surface area (Å²) >= 11 is 1.45. The number of hydrogen-bond donors (Lipinski definition) is 1. The molecule has 0 amide bonds. The fourth-order valence-electron chi connectivity index (χ4n) is 2.80. The number of carbonyl (C=O) groups excluding carboxylic acids is 1. The molecule has 0 aliphatic heterocycles. The standard InChI is InChI=1S/C17H22N4O3S/c1-10-11(2)20-21(3)16(23)14(10)15-19-12(9-25-15)8-18-17(5-6-17)7-13(22)24-4/h9,18H,5-8H2,1-4H3. The molecular formula is C17H22N4O3S. The first-order chi connectivity index (χ1) is 11.8. The summed E-state index contributed by atoms with van der Waals surface area (Å²) in [5.41, 5.74) is 2.87. The predicted molar refractivity (Wildman–Crippen MR) is 95.5 cm³/mol. The summed E-state index contributed by atoms with van der Waals surface area (Å²) in [7, 11) is 3.06. The summed E-state index contributed by atoms with van der Waals surface area (Å²) in [6, 6.07) is 0. The first-order valence-electron chi connectivity index (χ1n) is 8.16. The van der Waals surface area contributed by atoms with Crippen LogP contribution in [-0.4, -0.2) is 33.4 Å². The Morgan fingerprint density at radius 2 is 2.16 bits per heavy atom. The normalized spacial score (nSPS) is 15.2. The van der Waals surface area contributed by atoms with Crippen molar-refractivity contribution >= 4 is 17.3 Å². The summed E-state index contributed by atoms with van der Waals surface area (Å²) in [5, 5.41) is 10.3. The Hall–Kier alpha value is -2.06. The van der Waals surface area contributed by atoms with Gasteiger partial charge in [-0.15, -0.1) is 11.3 Å². The van der Waals surface area contributed by atoms with Crippen LogP contribution in [-0.2, 0) is 23.1 Å². The lowest BCUT2D eigenvalue weighted by atomic mass is 10.1. The highest BCUT2D eigenvalue weighted by Gasteiger charge is 2.44. The Kier molecular flexibility index (Phi) is 4.75. The van der Waals surface area contributed by atoms with E-state index < -0.39 is 0 Å². The van der Waals surface area contributed by atoms with Crippen molar-refractivity contribution in [3.63, 3.8) is 0 Å². The van der Waals surface area contributed by atoms with Crippen molar-refractivity contribution in [3.8, 4) is 10.6 Å². The number of methoxy groups -OCH3 is 1. The second-order valence-electron chi connectivity index (χ2n) is 6.54. The first kappa shape index (κ1) is 17.8. The number of rotatable bonds is 6. The van der Waals surface area contributed by atoms with Crippen molar-refractivity contribution in [2.75, 3.05) is 7.11 Å². The van der Waals surface area contributed by atoms with Crippen molar-refractivity contribution in [2.45, 2.75) is 45.2 Å². The lowest BCUT2D eigenvalue weighted by Gasteiger charge is -2.14. The molecule has 0 unspecified atom stereocenters. The van der Waals surface area contributed by atoms with Crippen molar-refractivity contribution < 1.29 is 9.53 Å². The van der Waals surface area contributed by atoms with Crippen LogP contribution in [0.4, 0.5) is 0 Å². The van der Waals surface area contributed by atoms with Gasteiger partial charge in [-0.05, 0) is 32.3 Å². The van der Waals surface area contributed by atoms with E-state index in [1.165, 1.54) is 23.1 Å². The van der Waals surface area contributed by atoms with Crippen LogP contribution in [0.3, 0.4) is 0 Å². The third-order valence-corrected chi connectivity index (χ3v) is 5.61. The second-order valence-corrected chi connectivity index (χ2v) is 7.40. The fraction of sp³-hybridized carbons (Fsp3) is 0.529. The molecule has 2 aromatic rings. The van der Waals surface area contributed by atoms with E-state index in [2.05, 4.69) is 15.4 Å². The van der Waals surface area contributed by atoms with Crippen LogP contribution in [0.15, 0.2) is 10.2 Å². The molecule has 134 valence electrons. The molecule has 8 heteroatoms. The Morgan fingerprint density at radius 3 is 2.80 bits per heavy atom. The van der Waals surface area contributed by atoms with E-state index in [0.29, 0.717) is 23.5 Å². The van der Waals surface area contributed by atoms with Gasteiger partial charge in [0.2, 0.25) is 0 Å². The Morgan fingerprint density at radius 1 is 1.44 bits per heavy atom. The smallest absolute Gasteiger partial charge is 0.307 e. The van der Waals surface area contributed by atoms with Gasteiger partial charge in [0.05, 0.1) is 30.5 Å². The maximum atomic E-state index is 12.4. The van der Waals surface area contributed by atoms with Crippen LogP contribution >= 0.6 is 11.3 Å². The molecule has 2 heterocycles. The van der Waals surface area contributed by atoms with Gasteiger partial charge in [-0.1, -0.05) is 0 Å². The minimum atomic E-state index is -0.199. The lowest BCUT2D eigenvalue weighted by Crippen LogP contribution is -2.33. The van der Waals surface area contributed by atoms with Gasteiger partial charge in [0, 0.05) is 24.5 Å².